The van der Waals surface area contributed by atoms with E-state index in [1.165, 1.54) is 6.07 Å². The lowest BCUT2D eigenvalue weighted by Crippen LogP contribution is -2.56. The topological polar surface area (TPSA) is 92.1 Å². The molecule has 2 aromatic rings. The van der Waals surface area contributed by atoms with E-state index in [1.807, 2.05) is 16.4 Å². The number of carbonyl (C=O) groups excluding carboxylic acids is 2. The highest BCUT2D eigenvalue weighted by Gasteiger charge is 2.32. The second-order valence-electron chi connectivity index (χ2n) is 6.79. The molecule has 2 heterocycles. The number of carbonyl (C=O) groups is 2. The van der Waals surface area contributed by atoms with Crippen LogP contribution in [0, 0.1) is 5.82 Å². The largest absolute Gasteiger partial charge is 0.353 e. The third-order valence-electron chi connectivity index (χ3n) is 4.76. The van der Waals surface area contributed by atoms with Crippen LogP contribution in [0.1, 0.15) is 31.2 Å². The molecular formula is C19H25FN6O2. The second kappa shape index (κ2) is 9.41. The Morgan fingerprint density at radius 2 is 2.21 bits per heavy atom. The quantitative estimate of drug-likeness (QED) is 0.699. The fourth-order valence-electron chi connectivity index (χ4n) is 3.29. The van der Waals surface area contributed by atoms with Crippen molar-refractivity contribution in [2.24, 2.45) is 0 Å². The summed E-state index contributed by atoms with van der Waals surface area (Å²) >= 11 is 0. The van der Waals surface area contributed by atoms with Crippen LogP contribution in [-0.2, 0) is 29.2 Å². The van der Waals surface area contributed by atoms with Crippen molar-refractivity contribution in [3.8, 4) is 0 Å². The van der Waals surface area contributed by atoms with E-state index < -0.39 is 6.04 Å². The molecule has 8 nitrogen and oxygen atoms in total. The molecule has 1 aliphatic heterocycles. The van der Waals surface area contributed by atoms with E-state index in [2.05, 4.69) is 20.8 Å². The van der Waals surface area contributed by atoms with Crippen LogP contribution >= 0.6 is 0 Å². The third-order valence-corrected chi connectivity index (χ3v) is 4.76. The normalized spacial score (nSPS) is 17.4. The predicted molar refractivity (Wildman–Crippen MR) is 100 cm³/mol. The molecule has 1 aromatic heterocycles. The van der Waals surface area contributed by atoms with Gasteiger partial charge in [-0.25, -0.2) is 4.39 Å². The number of aryl methyl sites for hydroxylation is 1. The maximum absolute atomic E-state index is 14.0. The van der Waals surface area contributed by atoms with E-state index >= 15 is 0 Å². The third kappa shape index (κ3) is 4.92. The van der Waals surface area contributed by atoms with Crippen molar-refractivity contribution in [2.45, 2.75) is 45.4 Å². The van der Waals surface area contributed by atoms with E-state index in [-0.39, 0.29) is 37.1 Å². The standard InChI is InChI=1S/C19H25FN6O2/c1-2-8-26-13-23-24-17(26)11-22-18(27)10-16-19(28)21-7-9-25(16)12-14-5-3-4-6-15(14)20/h3-6,13,16H,2,7-12H2,1H3,(H,21,28)(H,22,27)/t16-/m0/s1. The predicted octanol–water partition coefficient (Wildman–Crippen LogP) is 0.834. The highest BCUT2D eigenvalue weighted by molar-refractivity contribution is 5.88. The number of aromatic nitrogens is 3. The molecule has 3 rings (SSSR count). The molecule has 28 heavy (non-hydrogen) atoms. The zero-order chi connectivity index (χ0) is 19.9. The van der Waals surface area contributed by atoms with Gasteiger partial charge in [0.15, 0.2) is 5.82 Å². The molecule has 150 valence electrons. The smallest absolute Gasteiger partial charge is 0.237 e. The molecule has 2 N–H and O–H groups in total. The monoisotopic (exact) mass is 388 g/mol. The molecular weight excluding hydrogens is 363 g/mol. The second-order valence-corrected chi connectivity index (χ2v) is 6.79. The van der Waals surface area contributed by atoms with Gasteiger partial charge in [0.25, 0.3) is 0 Å². The average molecular weight is 388 g/mol. The van der Waals surface area contributed by atoms with Crippen molar-refractivity contribution >= 4 is 11.8 Å². The maximum Gasteiger partial charge on any atom is 0.237 e. The molecule has 1 aliphatic rings. The molecule has 0 spiro atoms. The summed E-state index contributed by atoms with van der Waals surface area (Å²) in [7, 11) is 0. The van der Waals surface area contributed by atoms with Crippen molar-refractivity contribution < 1.29 is 14.0 Å². The Hall–Kier alpha value is -2.81. The summed E-state index contributed by atoms with van der Waals surface area (Å²) in [5, 5.41) is 13.5. The van der Waals surface area contributed by atoms with Crippen molar-refractivity contribution in [3.63, 3.8) is 0 Å². The molecule has 0 bridgehead atoms. The number of nitrogens with one attached hydrogen (secondary N) is 2. The molecule has 1 aromatic carbocycles. The van der Waals surface area contributed by atoms with Crippen LogP contribution in [0.2, 0.25) is 0 Å². The van der Waals surface area contributed by atoms with Gasteiger partial charge in [0, 0.05) is 31.7 Å². The summed E-state index contributed by atoms with van der Waals surface area (Å²) < 4.78 is 15.9. The molecule has 0 aliphatic carbocycles. The van der Waals surface area contributed by atoms with E-state index in [1.54, 1.807) is 24.5 Å². The summed E-state index contributed by atoms with van der Waals surface area (Å²) in [6.07, 6.45) is 2.57. The summed E-state index contributed by atoms with van der Waals surface area (Å²) in [6, 6.07) is 5.84. The Morgan fingerprint density at radius 3 is 3.00 bits per heavy atom. The molecule has 0 radical (unpaired) electrons. The van der Waals surface area contributed by atoms with Gasteiger partial charge in [-0.3, -0.25) is 14.5 Å². The van der Waals surface area contributed by atoms with E-state index in [4.69, 9.17) is 0 Å². The fourth-order valence-corrected chi connectivity index (χ4v) is 3.29. The molecule has 9 heteroatoms. The number of halogens is 1. The number of amides is 2. The summed E-state index contributed by atoms with van der Waals surface area (Å²) in [6.45, 7) is 4.39. The molecule has 2 amide bonds. The Morgan fingerprint density at radius 1 is 1.39 bits per heavy atom. The van der Waals surface area contributed by atoms with Crippen LogP contribution in [0.5, 0.6) is 0 Å². The summed E-state index contributed by atoms with van der Waals surface area (Å²) in [5.74, 6) is -0.114. The van der Waals surface area contributed by atoms with Crippen LogP contribution in [0.15, 0.2) is 30.6 Å². The Kier molecular flexibility index (Phi) is 6.70. The van der Waals surface area contributed by atoms with Gasteiger partial charge in [-0.15, -0.1) is 10.2 Å². The first-order valence-corrected chi connectivity index (χ1v) is 9.47. The van der Waals surface area contributed by atoms with Crippen molar-refractivity contribution in [1.29, 1.82) is 0 Å². The highest BCUT2D eigenvalue weighted by Crippen LogP contribution is 2.16. The number of hydrogen-bond acceptors (Lipinski definition) is 5. The molecule has 1 atom stereocenters. The van der Waals surface area contributed by atoms with Crippen LogP contribution in [-0.4, -0.2) is 50.6 Å². The Labute approximate surface area is 163 Å². The number of piperazine rings is 1. The lowest BCUT2D eigenvalue weighted by molar-refractivity contribution is -0.134. The van der Waals surface area contributed by atoms with Crippen LogP contribution in [0.3, 0.4) is 0 Å². The van der Waals surface area contributed by atoms with Crippen molar-refractivity contribution in [2.75, 3.05) is 13.1 Å². The molecule has 1 fully saturated rings. The molecule has 1 saturated heterocycles. The first-order chi connectivity index (χ1) is 13.6. The number of benzene rings is 1. The lowest BCUT2D eigenvalue weighted by atomic mass is 10.1. The minimum absolute atomic E-state index is 0.00218. The van der Waals surface area contributed by atoms with Gasteiger partial charge in [0.1, 0.15) is 12.1 Å². The SMILES string of the molecule is CCCn1cnnc1CNC(=O)C[C@H]1C(=O)NCCN1Cc1ccccc1F. The van der Waals surface area contributed by atoms with Crippen LogP contribution < -0.4 is 10.6 Å². The fraction of sp³-hybridized carbons (Fsp3) is 0.474. The number of rotatable bonds is 8. The van der Waals surface area contributed by atoms with E-state index in [9.17, 15) is 14.0 Å². The zero-order valence-corrected chi connectivity index (χ0v) is 15.9. The van der Waals surface area contributed by atoms with Gasteiger partial charge in [0.2, 0.25) is 11.8 Å². The molecule has 0 saturated carbocycles. The van der Waals surface area contributed by atoms with Gasteiger partial charge in [-0.05, 0) is 12.5 Å². The van der Waals surface area contributed by atoms with Gasteiger partial charge >= 0.3 is 0 Å². The number of nitrogens with zero attached hydrogens (tertiary/aromatic N) is 4. The van der Waals surface area contributed by atoms with Gasteiger partial charge < -0.3 is 15.2 Å². The first kappa shape index (κ1) is 19.9. The molecule has 0 unspecified atom stereocenters. The zero-order valence-electron chi connectivity index (χ0n) is 15.9. The first-order valence-electron chi connectivity index (χ1n) is 9.47. The summed E-state index contributed by atoms with van der Waals surface area (Å²) in [5.41, 5.74) is 0.510. The highest BCUT2D eigenvalue weighted by atomic mass is 19.1. The van der Waals surface area contributed by atoms with Gasteiger partial charge in [-0.2, -0.15) is 0 Å². The minimum atomic E-state index is -0.637. The minimum Gasteiger partial charge on any atom is -0.353 e. The van der Waals surface area contributed by atoms with Gasteiger partial charge in [0.05, 0.1) is 19.0 Å². The number of hydrogen-bond donors (Lipinski definition) is 2. The van der Waals surface area contributed by atoms with E-state index in [0.717, 1.165) is 13.0 Å². The Bertz CT molecular complexity index is 824. The van der Waals surface area contributed by atoms with Crippen molar-refractivity contribution in [3.05, 3.63) is 47.8 Å². The van der Waals surface area contributed by atoms with Crippen molar-refractivity contribution in [1.82, 2.24) is 30.3 Å². The van der Waals surface area contributed by atoms with Crippen LogP contribution in [0.4, 0.5) is 4.39 Å². The lowest BCUT2D eigenvalue weighted by Gasteiger charge is -2.34. The van der Waals surface area contributed by atoms with Crippen LogP contribution in [0.25, 0.3) is 0 Å². The summed E-state index contributed by atoms with van der Waals surface area (Å²) in [4.78, 5) is 26.6. The Balaban J connectivity index is 1.60. The average Bonchev–Trinajstić information content (AvgIpc) is 3.12. The van der Waals surface area contributed by atoms with Gasteiger partial charge in [-0.1, -0.05) is 25.1 Å². The maximum atomic E-state index is 14.0. The van der Waals surface area contributed by atoms with E-state index in [0.29, 0.717) is 24.5 Å².